The Labute approximate surface area is 117 Å². The van der Waals surface area contributed by atoms with E-state index in [0.717, 1.165) is 0 Å². The molecule has 0 atom stereocenters. The van der Waals surface area contributed by atoms with E-state index in [4.69, 9.17) is 8.42 Å². The summed E-state index contributed by atoms with van der Waals surface area (Å²) in [6, 6.07) is 6.86. The largest absolute Gasteiger partial charge is 1.00 e. The van der Waals surface area contributed by atoms with Crippen molar-refractivity contribution in [2.45, 2.75) is 5.51 Å². The van der Waals surface area contributed by atoms with Crippen LogP contribution < -0.4 is 23.6 Å². The predicted molar refractivity (Wildman–Crippen MR) is 55.2 cm³/mol. The molecule has 5 nitrogen and oxygen atoms in total. The van der Waals surface area contributed by atoms with E-state index in [1.807, 2.05) is 0 Å². The summed E-state index contributed by atoms with van der Waals surface area (Å²) in [7, 11) is -5.30. The first kappa shape index (κ1) is 19.6. The molecule has 0 saturated heterocycles. The third kappa shape index (κ3) is 6.90. The average molecular weight is 297 g/mol. The third-order valence-corrected chi connectivity index (χ3v) is 2.44. The zero-order valence-electron chi connectivity index (χ0n) is 9.01. The maximum absolute atomic E-state index is 11.9. The summed E-state index contributed by atoms with van der Waals surface area (Å²) in [5.74, 6) is 0. The van der Waals surface area contributed by atoms with E-state index in [1.54, 1.807) is 6.07 Å². The Kier molecular flexibility index (Phi) is 9.18. The van der Waals surface area contributed by atoms with E-state index in [0.29, 0.717) is 0 Å². The topological polar surface area (TPSA) is 80.3 Å². The van der Waals surface area contributed by atoms with Crippen molar-refractivity contribution in [2.75, 3.05) is 4.72 Å². The van der Waals surface area contributed by atoms with E-state index in [1.165, 1.54) is 29.0 Å². The number of sulfonamides is 1. The fourth-order valence-corrected chi connectivity index (χ4v) is 1.28. The molecule has 0 unspecified atom stereocenters. The number of alkyl halides is 3. The monoisotopic (exact) mass is 297 g/mol. The van der Waals surface area contributed by atoms with Crippen molar-refractivity contribution in [1.82, 2.24) is 0 Å². The summed E-state index contributed by atoms with van der Waals surface area (Å²) in [5.41, 5.74) is -5.41. The van der Waals surface area contributed by atoms with E-state index >= 15 is 0 Å². The first-order valence-electron chi connectivity index (χ1n) is 3.83. The van der Waals surface area contributed by atoms with E-state index in [-0.39, 0.29) is 24.5 Å². The average Bonchev–Trinajstić information content (AvgIpc) is 2.17. The maximum atomic E-state index is 11.9. The molecule has 0 bridgehead atoms. The number of anilines is 1. The van der Waals surface area contributed by atoms with Gasteiger partial charge in [-0.25, -0.2) is 0 Å². The summed E-state index contributed by atoms with van der Waals surface area (Å²) in [6.45, 7) is 0. The van der Waals surface area contributed by atoms with Gasteiger partial charge in [0.05, 0.1) is 0 Å². The van der Waals surface area contributed by atoms with Crippen LogP contribution >= 0.6 is 0 Å². The molecule has 0 aromatic heterocycles. The first-order valence-corrected chi connectivity index (χ1v) is 6.05. The van der Waals surface area contributed by atoms with Gasteiger partial charge in [-0.2, -0.15) is 21.6 Å². The minimum absolute atomic E-state index is 0. The Balaban J connectivity index is 0. The molecule has 1 aromatic carbocycles. The van der Waals surface area contributed by atoms with Crippen LogP contribution in [0.3, 0.4) is 0 Å². The van der Waals surface area contributed by atoms with Crippen molar-refractivity contribution in [3.8, 4) is 0 Å². The van der Waals surface area contributed by atoms with Crippen LogP contribution in [0.1, 0.15) is 0 Å². The SMILES string of the molecule is O=S(=O)(Nc1ccccc1)C(F)(F)F.O=[SH-]=O.[Li+]. The second kappa shape index (κ2) is 8.42. The van der Waals surface area contributed by atoms with Gasteiger partial charge in [0.1, 0.15) is 0 Å². The zero-order chi connectivity index (χ0) is 13.5. The Morgan fingerprint density at radius 2 is 1.44 bits per heavy atom. The fraction of sp³-hybridized carbons (Fsp3) is 0.143. The second-order valence-corrected chi connectivity index (χ2v) is 4.31. The molecule has 0 aliphatic rings. The number of halogens is 3. The van der Waals surface area contributed by atoms with Crippen molar-refractivity contribution >= 4 is 27.3 Å². The number of rotatable bonds is 2. The standard InChI is InChI=1S/C7H6F3NO2S.Li.HO2S/c8-7(9,10)14(12,13)11-6-4-2-1-3-5-6;;1-3-2/h1-5,11H;;3H/q;+1;-1. The van der Waals surface area contributed by atoms with E-state index in [2.05, 4.69) is 0 Å². The van der Waals surface area contributed by atoms with Crippen molar-refractivity contribution in [2.24, 2.45) is 0 Å². The Bertz CT molecular complexity index is 485. The molecule has 0 saturated carbocycles. The number of hydrogen-bond donors (Lipinski definition) is 1. The predicted octanol–water partition coefficient (Wildman–Crippen LogP) is -1.56. The van der Waals surface area contributed by atoms with Crippen LogP contribution in [0.25, 0.3) is 0 Å². The molecule has 1 aromatic rings. The van der Waals surface area contributed by atoms with Crippen LogP contribution in [-0.2, 0) is 30.0 Å². The molecule has 0 radical (unpaired) electrons. The molecule has 1 rings (SSSR count). The molecule has 1 N–H and O–H groups in total. The number of benzene rings is 1. The second-order valence-electron chi connectivity index (χ2n) is 2.49. The summed E-state index contributed by atoms with van der Waals surface area (Å²) in [4.78, 5) is 0. The van der Waals surface area contributed by atoms with Crippen LogP contribution in [-0.4, -0.2) is 13.9 Å². The van der Waals surface area contributed by atoms with Crippen LogP contribution in [0.4, 0.5) is 18.9 Å². The molecular weight excluding hydrogens is 290 g/mol. The van der Waals surface area contributed by atoms with Gasteiger partial charge < -0.3 is 8.42 Å². The Hall–Kier alpha value is -0.693. The molecule has 0 heterocycles. The van der Waals surface area contributed by atoms with Crippen molar-refractivity contribution in [3.63, 3.8) is 0 Å². The summed E-state index contributed by atoms with van der Waals surface area (Å²) in [5, 5.41) is 0. The zero-order valence-corrected chi connectivity index (χ0v) is 10.7. The molecule has 0 spiro atoms. The van der Waals surface area contributed by atoms with Crippen molar-refractivity contribution in [1.29, 1.82) is 0 Å². The van der Waals surface area contributed by atoms with Crippen LogP contribution in [0.5, 0.6) is 0 Å². The minimum Gasteiger partial charge on any atom is -0.427 e. The van der Waals surface area contributed by atoms with Gasteiger partial charge in [0.2, 0.25) is 0 Å². The van der Waals surface area contributed by atoms with Crippen LogP contribution in [0, 0.1) is 0 Å². The van der Waals surface area contributed by atoms with Gasteiger partial charge in [-0.1, -0.05) is 29.8 Å². The van der Waals surface area contributed by atoms with E-state index < -0.39 is 27.1 Å². The van der Waals surface area contributed by atoms with Gasteiger partial charge in [0.25, 0.3) is 0 Å². The Morgan fingerprint density at radius 1 is 1.06 bits per heavy atom. The molecule has 0 amide bonds. The van der Waals surface area contributed by atoms with Gasteiger partial charge in [-0.05, 0) is 12.1 Å². The number of thiol groups is 1. The molecule has 0 aliphatic heterocycles. The van der Waals surface area contributed by atoms with Gasteiger partial charge >= 0.3 is 34.4 Å². The summed E-state index contributed by atoms with van der Waals surface area (Å²) >= 11 is -1.08. The molecule has 11 heteroatoms. The maximum Gasteiger partial charge on any atom is 1.00 e. The fourth-order valence-electron chi connectivity index (χ4n) is 0.719. The summed E-state index contributed by atoms with van der Waals surface area (Å²) < 4.78 is 74.9. The summed E-state index contributed by atoms with van der Waals surface area (Å²) in [6.07, 6.45) is 0. The Morgan fingerprint density at radius 3 is 1.78 bits per heavy atom. The van der Waals surface area contributed by atoms with Crippen LogP contribution in [0.15, 0.2) is 30.3 Å². The minimum atomic E-state index is -5.30. The number of para-hydroxylation sites is 1. The van der Waals surface area contributed by atoms with Gasteiger partial charge in [-0.15, -0.1) is 0 Å². The quantitative estimate of drug-likeness (QED) is 0.407. The molecule has 0 aliphatic carbocycles. The van der Waals surface area contributed by atoms with Crippen molar-refractivity contribution < 1.29 is 48.9 Å². The van der Waals surface area contributed by atoms with E-state index in [9.17, 15) is 21.6 Å². The normalized spacial score (nSPS) is 10.6. The number of hydrogen-bond acceptors (Lipinski definition) is 5. The van der Waals surface area contributed by atoms with Gasteiger partial charge in [0.15, 0.2) is 0 Å². The molecule has 18 heavy (non-hydrogen) atoms. The smallest absolute Gasteiger partial charge is 0.427 e. The number of nitrogens with one attached hydrogen (secondary N) is 1. The van der Waals surface area contributed by atoms with Gasteiger partial charge in [0, 0.05) is 5.69 Å². The van der Waals surface area contributed by atoms with Crippen molar-refractivity contribution in [3.05, 3.63) is 30.3 Å². The molecule has 0 fully saturated rings. The molecular formula is C7H7F3LiNO4S2. The van der Waals surface area contributed by atoms with Crippen LogP contribution in [0.2, 0.25) is 0 Å². The van der Waals surface area contributed by atoms with Gasteiger partial charge in [-0.3, -0.25) is 4.72 Å². The molecule has 98 valence electrons. The third-order valence-electron chi connectivity index (χ3n) is 1.33. The first-order chi connectivity index (χ1) is 7.74.